The monoisotopic (exact) mass is 472 g/mol. The van der Waals surface area contributed by atoms with Crippen molar-refractivity contribution in [2.24, 2.45) is 0 Å². The Morgan fingerprint density at radius 3 is 2.77 bits per heavy atom. The first kappa shape index (κ1) is 19.3. The highest BCUT2D eigenvalue weighted by Crippen LogP contribution is 2.37. The van der Waals surface area contributed by atoms with E-state index >= 15 is 0 Å². The molecular formula is C18H15BrCl2N2O2S. The van der Waals surface area contributed by atoms with Gasteiger partial charge < -0.3 is 14.8 Å². The molecule has 0 saturated heterocycles. The summed E-state index contributed by atoms with van der Waals surface area (Å²) in [5.41, 5.74) is 1.78. The van der Waals surface area contributed by atoms with Gasteiger partial charge >= 0.3 is 0 Å². The molecule has 0 aliphatic carbocycles. The van der Waals surface area contributed by atoms with Crippen molar-refractivity contribution in [2.75, 3.05) is 12.4 Å². The highest BCUT2D eigenvalue weighted by molar-refractivity contribution is 9.10. The number of hydrogen-bond donors (Lipinski definition) is 1. The molecule has 0 aliphatic heterocycles. The van der Waals surface area contributed by atoms with E-state index in [2.05, 4.69) is 26.2 Å². The van der Waals surface area contributed by atoms with E-state index < -0.39 is 0 Å². The quantitative estimate of drug-likeness (QED) is 0.430. The minimum absolute atomic E-state index is 0.299. The van der Waals surface area contributed by atoms with E-state index in [0.717, 1.165) is 20.7 Å². The summed E-state index contributed by atoms with van der Waals surface area (Å²) < 4.78 is 12.5. The van der Waals surface area contributed by atoms with Crippen LogP contribution in [0.1, 0.15) is 11.1 Å². The van der Waals surface area contributed by atoms with Crippen molar-refractivity contribution >= 4 is 55.6 Å². The number of nitrogens with zero attached hydrogens (tertiary/aromatic N) is 1. The molecule has 0 bridgehead atoms. The van der Waals surface area contributed by atoms with Gasteiger partial charge in [0.05, 0.1) is 7.11 Å². The summed E-state index contributed by atoms with van der Waals surface area (Å²) in [7, 11) is 1.61. The van der Waals surface area contributed by atoms with Gasteiger partial charge in [0.25, 0.3) is 0 Å². The van der Waals surface area contributed by atoms with Crippen LogP contribution in [0.4, 0.5) is 5.13 Å². The van der Waals surface area contributed by atoms with Crippen LogP contribution < -0.4 is 14.8 Å². The third kappa shape index (κ3) is 4.62. The topological polar surface area (TPSA) is 43.4 Å². The summed E-state index contributed by atoms with van der Waals surface area (Å²) in [6.45, 7) is 0.835. The molecule has 0 aliphatic rings. The Kier molecular flexibility index (Phi) is 6.64. The van der Waals surface area contributed by atoms with Crippen LogP contribution in [-0.2, 0) is 13.2 Å². The fourth-order valence-electron chi connectivity index (χ4n) is 2.33. The lowest BCUT2D eigenvalue weighted by molar-refractivity contribution is 0.281. The first-order valence-corrected chi connectivity index (χ1v) is 10.1. The molecule has 2 aromatic carbocycles. The number of rotatable bonds is 7. The van der Waals surface area contributed by atoms with Crippen LogP contribution in [0, 0.1) is 0 Å². The number of anilines is 1. The van der Waals surface area contributed by atoms with E-state index in [1.807, 2.05) is 23.6 Å². The number of thiazole rings is 1. The largest absolute Gasteiger partial charge is 0.493 e. The van der Waals surface area contributed by atoms with Gasteiger partial charge in [-0.2, -0.15) is 0 Å². The second-order valence-corrected chi connectivity index (χ2v) is 7.87. The zero-order valence-electron chi connectivity index (χ0n) is 13.8. The number of hydrogen-bond acceptors (Lipinski definition) is 5. The highest BCUT2D eigenvalue weighted by atomic mass is 79.9. The lowest BCUT2D eigenvalue weighted by atomic mass is 10.1. The van der Waals surface area contributed by atoms with Crippen molar-refractivity contribution in [3.8, 4) is 11.5 Å². The van der Waals surface area contributed by atoms with Crippen LogP contribution in [0.5, 0.6) is 11.5 Å². The van der Waals surface area contributed by atoms with Crippen LogP contribution in [0.3, 0.4) is 0 Å². The molecule has 3 aromatic rings. The van der Waals surface area contributed by atoms with Crippen molar-refractivity contribution in [1.29, 1.82) is 0 Å². The molecule has 8 heteroatoms. The van der Waals surface area contributed by atoms with Gasteiger partial charge in [-0.05, 0) is 24.3 Å². The Hall–Kier alpha value is -1.47. The van der Waals surface area contributed by atoms with Gasteiger partial charge in [0.1, 0.15) is 6.61 Å². The standard InChI is InChI=1S/C18H15BrCl2N2O2S/c1-24-16-5-4-14(19)13(9-23-18-22-6-7-26-18)17(16)25-10-11-2-3-12(20)8-15(11)21/h2-8H,9-10H2,1H3,(H,22,23). The van der Waals surface area contributed by atoms with Crippen molar-refractivity contribution < 1.29 is 9.47 Å². The Balaban J connectivity index is 1.84. The van der Waals surface area contributed by atoms with E-state index in [0.29, 0.717) is 34.7 Å². The molecule has 0 atom stereocenters. The van der Waals surface area contributed by atoms with Gasteiger partial charge in [-0.15, -0.1) is 11.3 Å². The van der Waals surface area contributed by atoms with Gasteiger partial charge in [-0.1, -0.05) is 45.2 Å². The van der Waals surface area contributed by atoms with Crippen molar-refractivity contribution in [1.82, 2.24) is 4.98 Å². The Morgan fingerprint density at radius 2 is 2.08 bits per heavy atom. The Bertz CT molecular complexity index is 891. The molecule has 1 heterocycles. The molecule has 0 saturated carbocycles. The molecule has 0 fully saturated rings. The third-order valence-corrected chi connectivity index (χ3v) is 5.68. The van der Waals surface area contributed by atoms with Gasteiger partial charge in [0.2, 0.25) is 0 Å². The molecule has 136 valence electrons. The Labute approximate surface area is 174 Å². The number of nitrogens with one attached hydrogen (secondary N) is 1. The summed E-state index contributed by atoms with van der Waals surface area (Å²) >= 11 is 17.3. The predicted molar refractivity (Wildman–Crippen MR) is 111 cm³/mol. The predicted octanol–water partition coefficient (Wildman–Crippen LogP) is 6.41. The number of halogens is 3. The van der Waals surface area contributed by atoms with Crippen LogP contribution in [-0.4, -0.2) is 12.1 Å². The van der Waals surface area contributed by atoms with Gasteiger partial charge in [-0.25, -0.2) is 4.98 Å². The molecule has 0 unspecified atom stereocenters. The molecule has 26 heavy (non-hydrogen) atoms. The minimum Gasteiger partial charge on any atom is -0.493 e. The normalized spacial score (nSPS) is 10.6. The summed E-state index contributed by atoms with van der Waals surface area (Å²) in [6.07, 6.45) is 1.76. The number of methoxy groups -OCH3 is 1. The molecule has 1 aromatic heterocycles. The smallest absolute Gasteiger partial charge is 0.182 e. The van der Waals surface area contributed by atoms with Crippen molar-refractivity contribution in [3.63, 3.8) is 0 Å². The average Bonchev–Trinajstić information content (AvgIpc) is 3.14. The first-order valence-electron chi connectivity index (χ1n) is 7.64. The summed E-state index contributed by atoms with van der Waals surface area (Å²) in [4.78, 5) is 4.24. The van der Waals surface area contributed by atoms with Crippen LogP contribution in [0.25, 0.3) is 0 Å². The summed E-state index contributed by atoms with van der Waals surface area (Å²) in [5, 5.41) is 7.20. The molecule has 3 rings (SSSR count). The molecule has 4 nitrogen and oxygen atoms in total. The second-order valence-electron chi connectivity index (χ2n) is 5.27. The summed E-state index contributed by atoms with van der Waals surface area (Å²) in [5.74, 6) is 1.30. The zero-order chi connectivity index (χ0) is 18.5. The fourth-order valence-corrected chi connectivity index (χ4v) is 3.77. The zero-order valence-corrected chi connectivity index (χ0v) is 17.7. The Morgan fingerprint density at radius 1 is 1.23 bits per heavy atom. The van der Waals surface area contributed by atoms with E-state index in [9.17, 15) is 0 Å². The molecule has 0 spiro atoms. The summed E-state index contributed by atoms with van der Waals surface area (Å²) in [6, 6.07) is 9.12. The molecule has 0 amide bonds. The van der Waals surface area contributed by atoms with Crippen LogP contribution >= 0.6 is 50.5 Å². The second kappa shape index (κ2) is 8.95. The van der Waals surface area contributed by atoms with E-state index in [1.165, 1.54) is 11.3 Å². The van der Waals surface area contributed by atoms with E-state index in [1.54, 1.807) is 25.4 Å². The first-order chi connectivity index (χ1) is 12.6. The maximum Gasteiger partial charge on any atom is 0.182 e. The van der Waals surface area contributed by atoms with Crippen LogP contribution in [0.2, 0.25) is 10.0 Å². The van der Waals surface area contributed by atoms with Gasteiger partial charge in [0.15, 0.2) is 16.6 Å². The molecule has 0 radical (unpaired) electrons. The SMILES string of the molecule is COc1ccc(Br)c(CNc2nccs2)c1OCc1ccc(Cl)cc1Cl. The average molecular weight is 474 g/mol. The molecule has 1 N–H and O–H groups in total. The van der Waals surface area contributed by atoms with Crippen LogP contribution in [0.15, 0.2) is 46.4 Å². The van der Waals surface area contributed by atoms with Gasteiger partial charge in [-0.3, -0.25) is 0 Å². The molecular weight excluding hydrogens is 459 g/mol. The maximum atomic E-state index is 6.24. The van der Waals surface area contributed by atoms with E-state index in [4.69, 9.17) is 32.7 Å². The fraction of sp³-hybridized carbons (Fsp3) is 0.167. The lowest BCUT2D eigenvalue weighted by Crippen LogP contribution is -2.06. The van der Waals surface area contributed by atoms with Crippen molar-refractivity contribution in [3.05, 3.63) is 67.6 Å². The van der Waals surface area contributed by atoms with Crippen molar-refractivity contribution in [2.45, 2.75) is 13.2 Å². The minimum atomic E-state index is 0.299. The number of ether oxygens (including phenoxy) is 2. The van der Waals surface area contributed by atoms with E-state index in [-0.39, 0.29) is 0 Å². The number of benzene rings is 2. The highest BCUT2D eigenvalue weighted by Gasteiger charge is 2.16. The van der Waals surface area contributed by atoms with Gasteiger partial charge in [0, 0.05) is 43.8 Å². The number of aromatic nitrogens is 1. The maximum absolute atomic E-state index is 6.24. The lowest BCUT2D eigenvalue weighted by Gasteiger charge is -2.17. The third-order valence-electron chi connectivity index (χ3n) is 3.62.